The molecule has 0 bridgehead atoms. The minimum Gasteiger partial charge on any atom is -0.306 e. The van der Waals surface area contributed by atoms with Crippen LogP contribution in [0, 0.1) is 0 Å². The van der Waals surface area contributed by atoms with Crippen LogP contribution in [0.4, 0.5) is 0 Å². The summed E-state index contributed by atoms with van der Waals surface area (Å²) in [6.07, 6.45) is 0. The van der Waals surface area contributed by atoms with E-state index >= 15 is 0 Å². The molecule has 0 aliphatic rings. The molecule has 0 aliphatic heterocycles. The van der Waals surface area contributed by atoms with E-state index in [0.29, 0.717) is 0 Å². The van der Waals surface area contributed by atoms with E-state index in [9.17, 15) is 0 Å². The lowest BCUT2D eigenvalue weighted by molar-refractivity contribution is 0.626. The Morgan fingerprint density at radius 1 is 0.850 bits per heavy atom. The predicted molar refractivity (Wildman–Crippen MR) is 99.2 cm³/mol. The van der Waals surface area contributed by atoms with Gasteiger partial charge in [0.1, 0.15) is 0 Å². The first-order chi connectivity index (χ1) is 9.52. The van der Waals surface area contributed by atoms with Crippen LogP contribution >= 0.6 is 63.7 Å². The normalized spacial score (nSPS) is 11.1. The Bertz CT molecular complexity index is 561. The van der Waals surface area contributed by atoms with Gasteiger partial charge in [0.15, 0.2) is 0 Å². The Kier molecular flexibility index (Phi) is 6.29. The van der Waals surface area contributed by atoms with E-state index in [1.165, 1.54) is 11.1 Å². The van der Waals surface area contributed by atoms with Gasteiger partial charge in [-0.05, 0) is 54.1 Å². The molecule has 0 atom stereocenters. The third-order valence-electron chi connectivity index (χ3n) is 2.95. The monoisotopic (exact) mass is 523 g/mol. The van der Waals surface area contributed by atoms with Crippen molar-refractivity contribution >= 4 is 63.7 Å². The smallest absolute Gasteiger partial charge is 0.0599 e. The van der Waals surface area contributed by atoms with Gasteiger partial charge in [-0.15, -0.1) is 0 Å². The molecular weight excluding hydrogens is 514 g/mol. The second kappa shape index (κ2) is 7.54. The van der Waals surface area contributed by atoms with E-state index in [4.69, 9.17) is 0 Å². The molecule has 2 aromatic carbocycles. The zero-order chi connectivity index (χ0) is 14.7. The summed E-state index contributed by atoms with van der Waals surface area (Å²) in [5.74, 6) is 0. The summed E-state index contributed by atoms with van der Waals surface area (Å²) in [4.78, 5) is 0. The lowest BCUT2D eigenvalue weighted by Gasteiger charge is -2.22. The molecule has 0 radical (unpaired) electrons. The highest BCUT2D eigenvalue weighted by molar-refractivity contribution is 9.11. The summed E-state index contributed by atoms with van der Waals surface area (Å²) in [6.45, 7) is 3.01. The number of nitrogens with one attached hydrogen (secondary N) is 1. The standard InChI is InChI=1S/C15H13Br4N/c1-2-20-15(11-7-9(16)3-5-13(11)18)12-8-10(17)4-6-14(12)19/h3-8,15,20H,2H2,1H3. The number of hydrogen-bond donors (Lipinski definition) is 1. The minimum absolute atomic E-state index is 0.124. The first-order valence-corrected chi connectivity index (χ1v) is 9.33. The van der Waals surface area contributed by atoms with Crippen LogP contribution in [0.2, 0.25) is 0 Å². The van der Waals surface area contributed by atoms with Crippen LogP contribution in [-0.4, -0.2) is 6.54 Å². The zero-order valence-corrected chi connectivity index (χ0v) is 17.1. The molecule has 2 rings (SSSR count). The molecule has 20 heavy (non-hydrogen) atoms. The molecule has 0 aliphatic carbocycles. The molecule has 1 N–H and O–H groups in total. The maximum atomic E-state index is 3.65. The van der Waals surface area contributed by atoms with Crippen molar-refractivity contribution < 1.29 is 0 Å². The molecule has 0 spiro atoms. The van der Waals surface area contributed by atoms with E-state index < -0.39 is 0 Å². The second-order valence-electron chi connectivity index (χ2n) is 4.32. The van der Waals surface area contributed by atoms with Crippen molar-refractivity contribution in [1.82, 2.24) is 5.32 Å². The average Bonchev–Trinajstić information content (AvgIpc) is 2.42. The van der Waals surface area contributed by atoms with Gasteiger partial charge in [-0.1, -0.05) is 70.6 Å². The second-order valence-corrected chi connectivity index (χ2v) is 7.86. The van der Waals surface area contributed by atoms with E-state index in [1.807, 2.05) is 12.1 Å². The van der Waals surface area contributed by atoms with Crippen LogP contribution in [0.5, 0.6) is 0 Å². The third-order valence-corrected chi connectivity index (χ3v) is 5.38. The molecule has 0 unspecified atom stereocenters. The van der Waals surface area contributed by atoms with Crippen LogP contribution in [0.25, 0.3) is 0 Å². The Morgan fingerprint density at radius 3 is 1.70 bits per heavy atom. The summed E-state index contributed by atoms with van der Waals surface area (Å²) < 4.78 is 4.34. The highest BCUT2D eigenvalue weighted by atomic mass is 79.9. The van der Waals surface area contributed by atoms with Gasteiger partial charge in [0.25, 0.3) is 0 Å². The van der Waals surface area contributed by atoms with E-state index in [1.54, 1.807) is 0 Å². The fourth-order valence-electron chi connectivity index (χ4n) is 2.06. The summed E-state index contributed by atoms with van der Waals surface area (Å²) in [5.41, 5.74) is 2.42. The maximum absolute atomic E-state index is 3.65. The lowest BCUT2D eigenvalue weighted by atomic mass is 9.99. The van der Waals surface area contributed by atoms with Gasteiger partial charge in [0.2, 0.25) is 0 Å². The topological polar surface area (TPSA) is 12.0 Å². The molecule has 0 saturated carbocycles. The zero-order valence-electron chi connectivity index (χ0n) is 10.8. The van der Waals surface area contributed by atoms with Crippen molar-refractivity contribution in [3.8, 4) is 0 Å². The Hall–Kier alpha value is 0.320. The van der Waals surface area contributed by atoms with E-state index in [2.05, 4.69) is 100 Å². The molecule has 106 valence electrons. The molecule has 5 heteroatoms. The van der Waals surface area contributed by atoms with Crippen LogP contribution < -0.4 is 5.32 Å². The summed E-state index contributed by atoms with van der Waals surface area (Å²) >= 11 is 14.4. The van der Waals surface area contributed by atoms with Gasteiger partial charge in [0, 0.05) is 17.9 Å². The van der Waals surface area contributed by atoms with Gasteiger partial charge in [-0.25, -0.2) is 0 Å². The van der Waals surface area contributed by atoms with Crippen LogP contribution in [0.15, 0.2) is 54.3 Å². The highest BCUT2D eigenvalue weighted by Crippen LogP contribution is 2.35. The van der Waals surface area contributed by atoms with Gasteiger partial charge >= 0.3 is 0 Å². The maximum Gasteiger partial charge on any atom is 0.0599 e. The molecule has 0 aromatic heterocycles. The minimum atomic E-state index is 0.124. The number of hydrogen-bond acceptors (Lipinski definition) is 1. The third kappa shape index (κ3) is 3.95. The highest BCUT2D eigenvalue weighted by Gasteiger charge is 2.19. The van der Waals surface area contributed by atoms with E-state index in [0.717, 1.165) is 24.4 Å². The number of benzene rings is 2. The molecule has 0 amide bonds. The Labute approximate surface area is 153 Å². The molecule has 2 aromatic rings. The molecule has 0 heterocycles. The Balaban J connectivity index is 2.55. The fourth-order valence-corrected chi connectivity index (χ4v) is 3.77. The van der Waals surface area contributed by atoms with Crippen molar-refractivity contribution in [3.05, 3.63) is 65.4 Å². The number of halogens is 4. The summed E-state index contributed by atoms with van der Waals surface area (Å²) in [7, 11) is 0. The first-order valence-electron chi connectivity index (χ1n) is 6.16. The predicted octanol–water partition coefficient (Wildman–Crippen LogP) is 6.44. The average molecular weight is 527 g/mol. The SMILES string of the molecule is CCNC(c1cc(Br)ccc1Br)c1cc(Br)ccc1Br. The van der Waals surface area contributed by atoms with Crippen molar-refractivity contribution in [1.29, 1.82) is 0 Å². The molecule has 0 saturated heterocycles. The van der Waals surface area contributed by atoms with Crippen molar-refractivity contribution in [3.63, 3.8) is 0 Å². The van der Waals surface area contributed by atoms with Crippen LogP contribution in [0.1, 0.15) is 24.1 Å². The lowest BCUT2D eigenvalue weighted by Crippen LogP contribution is -2.22. The molecular formula is C15H13Br4N. The first kappa shape index (κ1) is 16.7. The largest absolute Gasteiger partial charge is 0.306 e. The summed E-state index contributed by atoms with van der Waals surface area (Å²) in [6, 6.07) is 12.6. The van der Waals surface area contributed by atoms with Gasteiger partial charge in [0.05, 0.1) is 6.04 Å². The van der Waals surface area contributed by atoms with Gasteiger partial charge in [-0.3, -0.25) is 0 Å². The fraction of sp³-hybridized carbons (Fsp3) is 0.200. The van der Waals surface area contributed by atoms with Crippen LogP contribution in [0.3, 0.4) is 0 Å². The number of rotatable bonds is 4. The van der Waals surface area contributed by atoms with Crippen LogP contribution in [-0.2, 0) is 0 Å². The van der Waals surface area contributed by atoms with Crippen molar-refractivity contribution in [2.45, 2.75) is 13.0 Å². The summed E-state index contributed by atoms with van der Waals surface area (Å²) in [5, 5.41) is 3.55. The quantitative estimate of drug-likeness (QED) is 0.484. The molecule has 0 fully saturated rings. The van der Waals surface area contributed by atoms with Gasteiger partial charge in [-0.2, -0.15) is 0 Å². The molecule has 1 nitrogen and oxygen atoms in total. The van der Waals surface area contributed by atoms with Crippen molar-refractivity contribution in [2.75, 3.05) is 6.54 Å². The van der Waals surface area contributed by atoms with Gasteiger partial charge < -0.3 is 5.32 Å². The van der Waals surface area contributed by atoms with E-state index in [-0.39, 0.29) is 6.04 Å². The Morgan fingerprint density at radius 2 is 1.30 bits per heavy atom. The van der Waals surface area contributed by atoms with Crippen molar-refractivity contribution in [2.24, 2.45) is 0 Å².